The first-order chi connectivity index (χ1) is 64.4. The number of para-hydroxylation sites is 2. The van der Waals surface area contributed by atoms with Crippen molar-refractivity contribution in [2.24, 2.45) is 23.1 Å². The number of aliphatic hydroxyl groups excluding tert-OH is 1. The van der Waals surface area contributed by atoms with Crippen molar-refractivity contribution >= 4 is 140 Å². The van der Waals surface area contributed by atoms with Gasteiger partial charge < -0.3 is 130 Å². The smallest absolute Gasteiger partial charge is 0.246 e. The number of aromatic nitrogens is 4. The summed E-state index contributed by atoms with van der Waals surface area (Å²) in [5.41, 5.74) is 19.8. The number of H-pyrrole nitrogens is 3. The van der Waals surface area contributed by atoms with Crippen LogP contribution in [0.5, 0.6) is 5.75 Å². The molecule has 9 rings (SSSR count). The monoisotopic (exact) mass is 1890 g/mol. The molecule has 17 amide bonds. The summed E-state index contributed by atoms with van der Waals surface area (Å²) in [6, 6.07) is -1.90. The molecule has 0 bridgehead atoms. The summed E-state index contributed by atoms with van der Waals surface area (Å²) >= 11 is 0.750. The van der Waals surface area contributed by atoms with Gasteiger partial charge in [-0.3, -0.25) is 86.9 Å². The molecule has 3 aliphatic heterocycles. The molecule has 0 radical (unpaired) electrons. The van der Waals surface area contributed by atoms with Gasteiger partial charge in [0.15, 0.2) is 5.96 Å². The fourth-order valence-electron chi connectivity index (χ4n) is 16.5. The van der Waals surface area contributed by atoms with Gasteiger partial charge >= 0.3 is 0 Å². The summed E-state index contributed by atoms with van der Waals surface area (Å²) in [7, 11) is 3.82. The topological polar surface area (TPSA) is 651 Å². The number of amides is 17. The molecule has 45 heteroatoms. The first-order valence-corrected chi connectivity index (χ1v) is 46.2. The Morgan fingerprint density at radius 3 is 1.64 bits per heavy atom. The number of nitrogens with zero attached hydrogens (tertiary/aromatic N) is 6. The fourth-order valence-corrected chi connectivity index (χ4v) is 17.3. The Balaban J connectivity index is 1.10. The molecular formula is C90H126N24O20S. The lowest BCUT2D eigenvalue weighted by Crippen LogP contribution is -2.62. The lowest BCUT2D eigenvalue weighted by Gasteiger charge is -2.36. The second kappa shape index (κ2) is 50.4. The Morgan fingerprint density at radius 1 is 0.556 bits per heavy atom. The molecule has 3 aromatic carbocycles. The predicted molar refractivity (Wildman–Crippen MR) is 495 cm³/mol. The van der Waals surface area contributed by atoms with Crippen molar-refractivity contribution in [1.82, 2.24) is 103 Å². The number of imidazole rings is 1. The third-order valence-corrected chi connectivity index (χ3v) is 25.0. The molecule has 3 saturated heterocycles. The number of nitrogens with two attached hydrogens (primary N) is 3. The molecule has 6 heterocycles. The summed E-state index contributed by atoms with van der Waals surface area (Å²) in [6.45, 7) is 5.82. The minimum atomic E-state index is -1.86. The number of primary amides is 2. The zero-order chi connectivity index (χ0) is 98.4. The molecule has 3 fully saturated rings. The molecular weight excluding hydrogens is 1770 g/mol. The van der Waals surface area contributed by atoms with Crippen LogP contribution in [0.15, 0.2) is 97.7 Å². The normalized spacial score (nSPS) is 24.2. The van der Waals surface area contributed by atoms with Crippen molar-refractivity contribution in [3.8, 4) is 5.75 Å². The van der Waals surface area contributed by atoms with Gasteiger partial charge in [0.05, 0.1) is 38.3 Å². The number of phenols is 1. The van der Waals surface area contributed by atoms with Gasteiger partial charge in [0.25, 0.3) is 0 Å². The average molecular weight is 1900 g/mol. The maximum atomic E-state index is 15.7. The van der Waals surface area contributed by atoms with Crippen molar-refractivity contribution in [3.63, 3.8) is 0 Å². The second-order valence-electron chi connectivity index (χ2n) is 34.3. The number of phenolic OH excluding ortho intramolecular Hbond substituents is 1. The minimum absolute atomic E-state index is 0.00265. The zero-order valence-electron chi connectivity index (χ0n) is 76.9. The largest absolute Gasteiger partial charge is 0.508 e. The number of likely N-dealkylation sites (N-methyl/N-ethyl adjacent to an activating group) is 3. The fraction of sp³-hybridized carbons (Fsp3) is 0.522. The van der Waals surface area contributed by atoms with Crippen LogP contribution in [0.2, 0.25) is 0 Å². The van der Waals surface area contributed by atoms with Crippen LogP contribution in [0.4, 0.5) is 0 Å². The summed E-state index contributed by atoms with van der Waals surface area (Å²) in [4.78, 5) is 269. The maximum absolute atomic E-state index is 15.7. The van der Waals surface area contributed by atoms with Crippen LogP contribution in [-0.2, 0) is 112 Å². The number of guanidine groups is 1. The van der Waals surface area contributed by atoms with E-state index in [1.807, 2.05) is 6.92 Å². The van der Waals surface area contributed by atoms with Gasteiger partial charge in [0.1, 0.15) is 90.3 Å². The van der Waals surface area contributed by atoms with Crippen molar-refractivity contribution in [3.05, 3.63) is 120 Å². The maximum Gasteiger partial charge on any atom is 0.246 e. The van der Waals surface area contributed by atoms with Crippen LogP contribution >= 0.6 is 11.8 Å². The molecule has 1 unspecified atom stereocenters. The van der Waals surface area contributed by atoms with Gasteiger partial charge in [-0.2, -0.15) is 0 Å². The summed E-state index contributed by atoms with van der Waals surface area (Å²) in [5, 5.41) is 59.7. The molecule has 44 nitrogen and oxygen atoms in total. The van der Waals surface area contributed by atoms with Crippen LogP contribution in [0.1, 0.15) is 128 Å². The first-order valence-electron chi connectivity index (χ1n) is 45.1. The predicted octanol–water partition coefficient (Wildman–Crippen LogP) is -3.05. The van der Waals surface area contributed by atoms with E-state index in [2.05, 4.69) is 78.4 Å². The Kier molecular flexibility index (Phi) is 39.2. The molecule has 0 saturated carbocycles. The summed E-state index contributed by atoms with van der Waals surface area (Å²) < 4.78 is 5.84. The van der Waals surface area contributed by atoms with Crippen LogP contribution < -0.4 is 75.7 Å². The van der Waals surface area contributed by atoms with Gasteiger partial charge in [0.2, 0.25) is 100 Å². The van der Waals surface area contributed by atoms with E-state index in [0.717, 1.165) is 31.4 Å². The van der Waals surface area contributed by atoms with Crippen molar-refractivity contribution in [2.75, 3.05) is 78.6 Å². The molecule has 3 aromatic heterocycles. The highest BCUT2D eigenvalue weighted by molar-refractivity contribution is 8.00. The van der Waals surface area contributed by atoms with Crippen LogP contribution in [-0.4, -0.2) is 324 Å². The number of rotatable bonds is 26. The van der Waals surface area contributed by atoms with E-state index in [9.17, 15) is 53.4 Å². The third-order valence-electron chi connectivity index (χ3n) is 23.9. The summed E-state index contributed by atoms with van der Waals surface area (Å²) in [6.07, 6.45) is 5.13. The number of hydrogen-bond donors (Lipinski definition) is 20. The Labute approximate surface area is 784 Å². The van der Waals surface area contributed by atoms with Gasteiger partial charge in [0, 0.05) is 125 Å². The van der Waals surface area contributed by atoms with Crippen LogP contribution in [0.3, 0.4) is 0 Å². The van der Waals surface area contributed by atoms with Crippen molar-refractivity contribution < 1.29 is 96.5 Å². The lowest BCUT2D eigenvalue weighted by molar-refractivity contribution is -0.150. The van der Waals surface area contributed by atoms with Gasteiger partial charge in [-0.05, 0) is 112 Å². The minimum Gasteiger partial charge on any atom is -0.508 e. The highest BCUT2D eigenvalue weighted by Crippen LogP contribution is 2.28. The van der Waals surface area contributed by atoms with Crippen LogP contribution in [0, 0.1) is 11.3 Å². The van der Waals surface area contributed by atoms with Gasteiger partial charge in [-0.25, -0.2) is 4.98 Å². The van der Waals surface area contributed by atoms with E-state index in [0.29, 0.717) is 57.0 Å². The SMILES string of the molecule is CCCC[C@H]1C(=O)N(C)[C@@H](COCC)C(=O)N[C@@H](CCCNC(=N)N)C(=O)NC(C(=O)NCC(N)=O)CSCC(=O)N[C@@H](Cc2ccc(O)cc2)C(=O)N(C)[C@@H](C)C(=O)N[C@@H](CC(N)=O)C(=O)N2CCC[C@H]2C(=O)N[C@@H](Cc2cnc[nH]2)C(=O)N[C@@H](CC(C)C)C(=O)N2CCC[C@H]2C(=O)N[C@@H](Cc2c[nH]c3ccccc23)C(=O)N[C@@H](CO)C(=O)N[C@@H](Cc2c[nH]c3ccccc23)C(=O)N1C. The summed E-state index contributed by atoms with van der Waals surface area (Å²) in [5.74, 6) is -17.8. The number of aromatic amines is 3. The Morgan fingerprint density at radius 2 is 1.08 bits per heavy atom. The standard InChI is InChI=1S/C90H126N24O20S/c1-9-11-24-71-89(133)112(8)72(45-134-10-2)84(128)102-60(23-16-31-96-90(93)94)78(122)109-68(77(121)99-43-74(92)118)46-135-47-75(119)101-64(35-51-27-29-55(116)30-28-51)85(129)110(6)50(5)76(120)105-66(39-73(91)117)88(132)114-33-18-26-70(114)83(127)104-62(38-54-42-95-48-100-54)80(124)106-63(34-49(3)4)87(131)113-32-17-25-69(113)82(126)103-61(36-52-40-97-58-21-14-12-19-56(52)58)79(123)108-67(44-115)81(125)107-65(86(130)111(71)7)37-53-41-98-59-22-15-13-20-57(53)59/h12-15,19-22,27-30,40-42,48-50,60-72,97-98,115-116H,9-11,16-18,23-26,31-39,43-47H2,1-8H3,(H2,91,117)(H2,92,118)(H,95,100)(H,99,121)(H,101,119)(H,102,128)(H,103,126)(H,104,127)(H,105,120)(H,106,124)(H,107,125)(H,108,123)(H,109,122)(H4,93,94,96)/t50-,60-,61-,62-,63-,64-,65-,66-,67-,68?,69-,70-,71-,72-/m0/s1. The Bertz CT molecular complexity index is 5210. The highest BCUT2D eigenvalue weighted by atomic mass is 32.2. The van der Waals surface area contributed by atoms with Crippen LogP contribution in [0.25, 0.3) is 21.8 Å². The zero-order valence-corrected chi connectivity index (χ0v) is 77.8. The quantitative estimate of drug-likeness (QED) is 0.0146. The molecule has 14 atom stereocenters. The average Bonchev–Trinajstić information content (AvgIpc) is 1.75. The van der Waals surface area contributed by atoms with Crippen molar-refractivity contribution in [1.29, 1.82) is 5.41 Å². The molecule has 3 aliphatic rings. The number of aliphatic hydroxyl groups is 1. The second-order valence-corrected chi connectivity index (χ2v) is 35.3. The molecule has 135 heavy (non-hydrogen) atoms. The lowest BCUT2D eigenvalue weighted by atomic mass is 10.0. The molecule has 23 N–H and O–H groups in total. The number of ether oxygens (including phenoxy) is 1. The van der Waals surface area contributed by atoms with E-state index < -0.39 is 229 Å². The number of carbonyl (C=O) groups excluding carboxylic acids is 17. The number of hydrogen-bond acceptors (Lipinski definition) is 23. The number of unbranched alkanes of at least 4 members (excludes halogenated alkanes) is 1. The van der Waals surface area contributed by atoms with Crippen molar-refractivity contribution in [2.45, 2.75) is 216 Å². The van der Waals surface area contributed by atoms with E-state index in [4.69, 9.17) is 27.3 Å². The number of benzene rings is 3. The Hall–Kier alpha value is -13.7. The number of nitrogens with one attached hydrogen (secondary N) is 15. The number of carbonyl (C=O) groups is 17. The van der Waals surface area contributed by atoms with E-state index in [1.165, 1.54) is 69.8 Å². The number of thioether (sulfide) groups is 1. The number of aromatic hydroxyl groups is 1. The first kappa shape index (κ1) is 105. The van der Waals surface area contributed by atoms with E-state index >= 15 is 38.4 Å². The molecule has 0 spiro atoms. The third kappa shape index (κ3) is 29.4. The van der Waals surface area contributed by atoms with E-state index in [1.54, 1.807) is 81.7 Å². The molecule has 732 valence electrons. The van der Waals surface area contributed by atoms with E-state index in [-0.39, 0.29) is 115 Å². The molecule has 6 aromatic rings. The van der Waals surface area contributed by atoms with Gasteiger partial charge in [-0.15, -0.1) is 11.8 Å². The molecule has 0 aliphatic carbocycles. The van der Waals surface area contributed by atoms with Gasteiger partial charge in [-0.1, -0.05) is 82.1 Å². The number of fused-ring (bicyclic) bond motifs is 4. The highest BCUT2D eigenvalue weighted by Gasteiger charge is 2.46.